The van der Waals surface area contributed by atoms with Gasteiger partial charge in [-0.3, -0.25) is 4.79 Å². The second-order valence-electron chi connectivity index (χ2n) is 9.64. The van der Waals surface area contributed by atoms with Gasteiger partial charge in [0.1, 0.15) is 0 Å². The first-order valence-corrected chi connectivity index (χ1v) is 11.8. The molecule has 170 valence electrons. The maximum absolute atomic E-state index is 12.9. The molecule has 3 fully saturated rings. The highest BCUT2D eigenvalue weighted by molar-refractivity contribution is 5.94. The molecule has 0 spiro atoms. The number of hydrogen-bond acceptors (Lipinski definition) is 6. The van der Waals surface area contributed by atoms with Gasteiger partial charge in [-0.15, -0.1) is 10.2 Å². The lowest BCUT2D eigenvalue weighted by Crippen LogP contribution is -2.35. The Morgan fingerprint density at radius 1 is 1.09 bits per heavy atom. The molecular weight excluding hydrogens is 416 g/mol. The number of fused-ring (bicyclic) bond motifs is 1. The first kappa shape index (κ1) is 20.6. The molecule has 0 bridgehead atoms. The fourth-order valence-electron chi connectivity index (χ4n) is 5.78. The topological polar surface area (TPSA) is 91.5 Å². The van der Waals surface area contributed by atoms with Crippen molar-refractivity contribution in [1.82, 2.24) is 20.4 Å². The van der Waals surface area contributed by atoms with Gasteiger partial charge in [-0.05, 0) is 54.4 Å². The van der Waals surface area contributed by atoms with Gasteiger partial charge in [-0.25, -0.2) is 0 Å². The number of benzene rings is 2. The van der Waals surface area contributed by atoms with Crippen LogP contribution in [0.5, 0.6) is 0 Å². The minimum atomic E-state index is -0.484. The molecule has 2 N–H and O–H groups in total. The molecule has 7 nitrogen and oxygen atoms in total. The number of amides is 1. The van der Waals surface area contributed by atoms with E-state index in [4.69, 9.17) is 4.42 Å². The lowest BCUT2D eigenvalue weighted by molar-refractivity contribution is 0.0771. The van der Waals surface area contributed by atoms with E-state index in [1.165, 1.54) is 12.0 Å². The van der Waals surface area contributed by atoms with E-state index in [-0.39, 0.29) is 11.9 Å². The summed E-state index contributed by atoms with van der Waals surface area (Å²) in [5, 5.41) is 22.1. The molecule has 3 heterocycles. The molecule has 1 aromatic heterocycles. The zero-order valence-corrected chi connectivity index (χ0v) is 18.4. The van der Waals surface area contributed by atoms with Crippen molar-refractivity contribution in [3.8, 4) is 0 Å². The minimum Gasteiger partial charge on any atom is -0.428 e. The zero-order chi connectivity index (χ0) is 22.4. The summed E-state index contributed by atoms with van der Waals surface area (Å²) < 4.78 is 5.34. The lowest BCUT2D eigenvalue weighted by atomic mass is 10.0. The maximum Gasteiger partial charge on any atom is 0.253 e. The third kappa shape index (κ3) is 3.96. The molecule has 2 aromatic carbocycles. The van der Waals surface area contributed by atoms with Gasteiger partial charge in [0.2, 0.25) is 12.3 Å². The van der Waals surface area contributed by atoms with E-state index in [1.807, 2.05) is 47.4 Å². The van der Waals surface area contributed by atoms with E-state index >= 15 is 0 Å². The third-order valence-electron chi connectivity index (χ3n) is 7.62. The summed E-state index contributed by atoms with van der Waals surface area (Å²) in [6, 6.07) is 18.3. The fraction of sp³-hybridized carbons (Fsp3) is 0.423. The highest BCUT2D eigenvalue weighted by Crippen LogP contribution is 2.57. The number of carbonyl (C=O) groups excluding carboxylic acids is 1. The summed E-state index contributed by atoms with van der Waals surface area (Å²) in [4.78, 5) is 14.9. The predicted octanol–water partition coefficient (Wildman–Crippen LogP) is 2.95. The highest BCUT2D eigenvalue weighted by atomic mass is 16.4. The van der Waals surface area contributed by atoms with E-state index in [0.29, 0.717) is 29.7 Å². The average Bonchev–Trinajstić information content (AvgIpc) is 3.38. The van der Waals surface area contributed by atoms with Crippen molar-refractivity contribution in [2.75, 3.05) is 13.1 Å². The standard InChI is InChI=1S/C26H28N4O3/c31-24(17-4-2-1-3-5-17)22-11-10-19(28-22)12-16-6-8-18(9-7-16)26(32)30-13-20-21(14-30)23(20)25-29-27-15-33-25/h1-9,15,19-24,28,31H,10-14H2/t19-,20+,21+,22+,24+/m0/s1. The quantitative estimate of drug-likeness (QED) is 0.608. The van der Waals surface area contributed by atoms with Crippen LogP contribution in [0.4, 0.5) is 0 Å². The van der Waals surface area contributed by atoms with Gasteiger partial charge < -0.3 is 19.7 Å². The summed E-state index contributed by atoms with van der Waals surface area (Å²) in [5.41, 5.74) is 2.91. The third-order valence-corrected chi connectivity index (χ3v) is 7.62. The Kier molecular flexibility index (Phi) is 5.23. The number of nitrogens with one attached hydrogen (secondary N) is 1. The fourth-order valence-corrected chi connectivity index (χ4v) is 5.78. The summed E-state index contributed by atoms with van der Waals surface area (Å²) in [6.45, 7) is 1.52. The number of aliphatic hydroxyl groups excluding tert-OH is 1. The van der Waals surface area contributed by atoms with Crippen LogP contribution in [-0.2, 0) is 6.42 Å². The first-order chi connectivity index (χ1) is 16.2. The molecule has 33 heavy (non-hydrogen) atoms. The van der Waals surface area contributed by atoms with Crippen LogP contribution >= 0.6 is 0 Å². The van der Waals surface area contributed by atoms with E-state index in [9.17, 15) is 9.90 Å². The number of rotatable bonds is 6. The van der Waals surface area contributed by atoms with Gasteiger partial charge in [-0.1, -0.05) is 42.5 Å². The smallest absolute Gasteiger partial charge is 0.253 e. The van der Waals surface area contributed by atoms with Crippen LogP contribution in [0.15, 0.2) is 65.4 Å². The number of aromatic nitrogens is 2. The molecular formula is C26H28N4O3. The normalized spacial score (nSPS) is 29.1. The molecule has 6 rings (SSSR count). The van der Waals surface area contributed by atoms with Crippen molar-refractivity contribution in [3.63, 3.8) is 0 Å². The zero-order valence-electron chi connectivity index (χ0n) is 18.4. The van der Waals surface area contributed by atoms with Crippen molar-refractivity contribution >= 4 is 5.91 Å². The second kappa shape index (κ2) is 8.39. The summed E-state index contributed by atoms with van der Waals surface area (Å²) in [7, 11) is 0. The molecule has 1 amide bonds. The molecule has 0 radical (unpaired) electrons. The number of carbonyl (C=O) groups is 1. The molecule has 3 aromatic rings. The maximum atomic E-state index is 12.9. The van der Waals surface area contributed by atoms with Crippen molar-refractivity contribution in [3.05, 3.63) is 83.6 Å². The molecule has 0 unspecified atom stereocenters. The van der Waals surface area contributed by atoms with Gasteiger partial charge in [-0.2, -0.15) is 0 Å². The van der Waals surface area contributed by atoms with Crippen LogP contribution < -0.4 is 5.32 Å². The Balaban J connectivity index is 1.02. The van der Waals surface area contributed by atoms with Gasteiger partial charge in [0.25, 0.3) is 5.91 Å². The van der Waals surface area contributed by atoms with Gasteiger partial charge in [0.15, 0.2) is 0 Å². The molecule has 1 saturated carbocycles. The van der Waals surface area contributed by atoms with Gasteiger partial charge in [0.05, 0.1) is 6.10 Å². The SMILES string of the molecule is O=C(c1ccc(C[C@@H]2CC[C@H]([C@H](O)c3ccccc3)N2)cc1)N1C[C@H]2C(c3nnco3)[C@@H]2C1. The molecule has 5 atom stereocenters. The van der Waals surface area contributed by atoms with Crippen LogP contribution in [0.3, 0.4) is 0 Å². The highest BCUT2D eigenvalue weighted by Gasteiger charge is 2.59. The van der Waals surface area contributed by atoms with E-state index in [2.05, 4.69) is 27.6 Å². The number of nitrogens with zero attached hydrogens (tertiary/aromatic N) is 3. The van der Waals surface area contributed by atoms with Crippen LogP contribution in [-0.4, -0.2) is 51.3 Å². The van der Waals surface area contributed by atoms with Crippen molar-refractivity contribution in [1.29, 1.82) is 0 Å². The van der Waals surface area contributed by atoms with Gasteiger partial charge >= 0.3 is 0 Å². The number of piperidine rings is 1. The molecule has 2 aliphatic heterocycles. The Morgan fingerprint density at radius 2 is 1.85 bits per heavy atom. The Hall–Kier alpha value is -3.03. The molecule has 7 heteroatoms. The van der Waals surface area contributed by atoms with E-state index in [0.717, 1.165) is 43.5 Å². The molecule has 1 aliphatic carbocycles. The van der Waals surface area contributed by atoms with Crippen LogP contribution in [0, 0.1) is 11.8 Å². The Bertz CT molecular complexity index is 1090. The number of aliphatic hydroxyl groups is 1. The van der Waals surface area contributed by atoms with Crippen LogP contribution in [0.1, 0.15) is 52.2 Å². The van der Waals surface area contributed by atoms with E-state index < -0.39 is 6.10 Å². The summed E-state index contributed by atoms with van der Waals surface area (Å²) >= 11 is 0. The monoisotopic (exact) mass is 444 g/mol. The minimum absolute atomic E-state index is 0.0795. The lowest BCUT2D eigenvalue weighted by Gasteiger charge is -2.21. The van der Waals surface area contributed by atoms with E-state index in [1.54, 1.807) is 0 Å². The van der Waals surface area contributed by atoms with Crippen molar-refractivity contribution < 1.29 is 14.3 Å². The summed E-state index contributed by atoms with van der Waals surface area (Å²) in [5.74, 6) is 2.02. The second-order valence-corrected chi connectivity index (χ2v) is 9.64. The van der Waals surface area contributed by atoms with Crippen molar-refractivity contribution in [2.24, 2.45) is 11.8 Å². The first-order valence-electron chi connectivity index (χ1n) is 11.8. The average molecular weight is 445 g/mol. The molecule has 3 aliphatic rings. The summed E-state index contributed by atoms with van der Waals surface area (Å²) in [6.07, 6.45) is 3.78. The van der Waals surface area contributed by atoms with Crippen LogP contribution in [0.25, 0.3) is 0 Å². The van der Waals surface area contributed by atoms with Crippen molar-refractivity contribution in [2.45, 2.75) is 43.4 Å². The number of likely N-dealkylation sites (tertiary alicyclic amines) is 1. The Morgan fingerprint density at radius 3 is 2.55 bits per heavy atom. The largest absolute Gasteiger partial charge is 0.428 e. The number of hydrogen-bond donors (Lipinski definition) is 2. The molecule has 2 saturated heterocycles. The van der Waals surface area contributed by atoms with Crippen LogP contribution in [0.2, 0.25) is 0 Å². The predicted molar refractivity (Wildman–Crippen MR) is 121 cm³/mol. The Labute approximate surface area is 192 Å². The van der Waals surface area contributed by atoms with Gasteiger partial charge in [0, 0.05) is 36.7 Å².